The lowest BCUT2D eigenvalue weighted by molar-refractivity contribution is -0.150. The first kappa shape index (κ1) is 13.0. The standard InChI is InChI=1S/C10H9BrF3NO/c1-6-4-7(11)2-3-8(6)15-9(16)5-10(12,13)14/h2-4H,5H2,1H3,(H,15,16). The van der Waals surface area contributed by atoms with Gasteiger partial charge < -0.3 is 5.32 Å². The minimum atomic E-state index is -4.48. The van der Waals surface area contributed by atoms with Crippen molar-refractivity contribution in [3.63, 3.8) is 0 Å². The first-order valence-corrected chi connectivity index (χ1v) is 5.20. The van der Waals surface area contributed by atoms with Crippen molar-refractivity contribution in [1.29, 1.82) is 0 Å². The molecule has 0 aliphatic rings. The van der Waals surface area contributed by atoms with Gasteiger partial charge in [-0.25, -0.2) is 0 Å². The molecule has 0 aliphatic heterocycles. The molecular formula is C10H9BrF3NO. The molecule has 0 atom stereocenters. The number of hydrogen-bond donors (Lipinski definition) is 1. The summed E-state index contributed by atoms with van der Waals surface area (Å²) >= 11 is 3.22. The number of alkyl halides is 3. The molecule has 1 aromatic rings. The van der Waals surface area contributed by atoms with Crippen LogP contribution in [0.25, 0.3) is 0 Å². The third-order valence-electron chi connectivity index (χ3n) is 1.82. The van der Waals surface area contributed by atoms with Crippen LogP contribution < -0.4 is 5.32 Å². The van der Waals surface area contributed by atoms with Crippen LogP contribution in [-0.4, -0.2) is 12.1 Å². The fourth-order valence-corrected chi connectivity index (χ4v) is 1.62. The predicted molar refractivity (Wildman–Crippen MR) is 58.2 cm³/mol. The molecule has 0 saturated heterocycles. The van der Waals surface area contributed by atoms with E-state index >= 15 is 0 Å². The fraction of sp³-hybridized carbons (Fsp3) is 0.300. The molecule has 0 aromatic heterocycles. The van der Waals surface area contributed by atoms with E-state index in [0.29, 0.717) is 11.3 Å². The summed E-state index contributed by atoms with van der Waals surface area (Å²) < 4.78 is 36.5. The zero-order chi connectivity index (χ0) is 12.3. The summed E-state index contributed by atoms with van der Waals surface area (Å²) in [6, 6.07) is 4.91. The van der Waals surface area contributed by atoms with Crippen LogP contribution in [0.4, 0.5) is 18.9 Å². The molecule has 0 spiro atoms. The topological polar surface area (TPSA) is 29.1 Å². The molecule has 0 unspecified atom stereocenters. The van der Waals surface area contributed by atoms with Gasteiger partial charge in [0.25, 0.3) is 0 Å². The quantitative estimate of drug-likeness (QED) is 0.886. The molecule has 0 heterocycles. The number of anilines is 1. The normalized spacial score (nSPS) is 11.3. The largest absolute Gasteiger partial charge is 0.397 e. The van der Waals surface area contributed by atoms with Crippen molar-refractivity contribution in [2.45, 2.75) is 19.5 Å². The zero-order valence-electron chi connectivity index (χ0n) is 8.36. The second-order valence-electron chi connectivity index (χ2n) is 3.30. The lowest BCUT2D eigenvalue weighted by Gasteiger charge is -2.10. The smallest absolute Gasteiger partial charge is 0.326 e. The summed E-state index contributed by atoms with van der Waals surface area (Å²) in [5, 5.41) is 2.21. The minimum absolute atomic E-state index is 0.387. The van der Waals surface area contributed by atoms with Gasteiger partial charge in [0.1, 0.15) is 6.42 Å². The highest BCUT2D eigenvalue weighted by molar-refractivity contribution is 9.10. The van der Waals surface area contributed by atoms with Gasteiger partial charge in [0.05, 0.1) is 0 Å². The highest BCUT2D eigenvalue weighted by Gasteiger charge is 2.31. The molecule has 2 nitrogen and oxygen atoms in total. The fourth-order valence-electron chi connectivity index (χ4n) is 1.14. The maximum absolute atomic E-state index is 11.9. The van der Waals surface area contributed by atoms with Gasteiger partial charge in [0.2, 0.25) is 5.91 Å². The van der Waals surface area contributed by atoms with Crippen molar-refractivity contribution in [2.75, 3.05) is 5.32 Å². The van der Waals surface area contributed by atoms with Crippen molar-refractivity contribution >= 4 is 27.5 Å². The molecular weight excluding hydrogens is 287 g/mol. The maximum Gasteiger partial charge on any atom is 0.397 e. The Bertz CT molecular complexity index is 404. The van der Waals surface area contributed by atoms with E-state index in [2.05, 4.69) is 21.2 Å². The van der Waals surface area contributed by atoms with E-state index in [9.17, 15) is 18.0 Å². The number of carbonyl (C=O) groups is 1. The molecule has 0 aliphatic carbocycles. The van der Waals surface area contributed by atoms with Crippen molar-refractivity contribution in [3.8, 4) is 0 Å². The van der Waals surface area contributed by atoms with Gasteiger partial charge in [-0.05, 0) is 30.7 Å². The molecule has 6 heteroatoms. The van der Waals surface area contributed by atoms with E-state index < -0.39 is 18.5 Å². The van der Waals surface area contributed by atoms with Crippen molar-refractivity contribution in [2.24, 2.45) is 0 Å². The Morgan fingerprint density at radius 3 is 2.56 bits per heavy atom. The second kappa shape index (κ2) is 4.86. The van der Waals surface area contributed by atoms with Crippen LogP contribution in [0.1, 0.15) is 12.0 Å². The Morgan fingerprint density at radius 1 is 1.44 bits per heavy atom. The number of amides is 1. The van der Waals surface area contributed by atoms with Gasteiger partial charge in [0.15, 0.2) is 0 Å². The van der Waals surface area contributed by atoms with Crippen molar-refractivity contribution in [3.05, 3.63) is 28.2 Å². The third-order valence-corrected chi connectivity index (χ3v) is 2.32. The first-order chi connectivity index (χ1) is 7.28. The Kier molecular flexibility index (Phi) is 3.96. The van der Waals surface area contributed by atoms with E-state index in [1.165, 1.54) is 0 Å². The minimum Gasteiger partial charge on any atom is -0.326 e. The highest BCUT2D eigenvalue weighted by Crippen LogP contribution is 2.23. The first-order valence-electron chi connectivity index (χ1n) is 4.41. The number of halogens is 4. The van der Waals surface area contributed by atoms with Crippen LogP contribution in [0.3, 0.4) is 0 Å². The SMILES string of the molecule is Cc1cc(Br)ccc1NC(=O)CC(F)(F)F. The molecule has 0 radical (unpaired) electrons. The van der Waals surface area contributed by atoms with Gasteiger partial charge in [-0.15, -0.1) is 0 Å². The predicted octanol–water partition coefficient (Wildman–Crippen LogP) is 3.65. The molecule has 1 aromatic carbocycles. The molecule has 1 N–H and O–H groups in total. The van der Waals surface area contributed by atoms with Crippen molar-refractivity contribution in [1.82, 2.24) is 0 Å². The molecule has 88 valence electrons. The van der Waals surface area contributed by atoms with Gasteiger partial charge in [-0.1, -0.05) is 15.9 Å². The van der Waals surface area contributed by atoms with Gasteiger partial charge in [0, 0.05) is 10.2 Å². The maximum atomic E-state index is 11.9. The van der Waals surface area contributed by atoms with Gasteiger partial charge >= 0.3 is 6.18 Å². The molecule has 0 fully saturated rings. The van der Waals surface area contributed by atoms with E-state index in [-0.39, 0.29) is 0 Å². The number of benzene rings is 1. The van der Waals surface area contributed by atoms with E-state index in [1.54, 1.807) is 25.1 Å². The zero-order valence-corrected chi connectivity index (χ0v) is 9.95. The van der Waals surface area contributed by atoms with Crippen LogP contribution in [0.2, 0.25) is 0 Å². The second-order valence-corrected chi connectivity index (χ2v) is 4.22. The Hall–Kier alpha value is -1.04. The summed E-state index contributed by atoms with van der Waals surface area (Å²) in [7, 11) is 0. The molecule has 1 rings (SSSR count). The summed E-state index contributed by atoms with van der Waals surface area (Å²) in [5.41, 5.74) is 1.09. The third kappa shape index (κ3) is 4.22. The van der Waals surface area contributed by atoms with Crippen molar-refractivity contribution < 1.29 is 18.0 Å². The Balaban J connectivity index is 2.70. The molecule has 0 bridgehead atoms. The average molecular weight is 296 g/mol. The number of carbonyl (C=O) groups excluding carboxylic acids is 1. The summed E-state index contributed by atoms with van der Waals surface area (Å²) in [4.78, 5) is 11.0. The van der Waals surface area contributed by atoms with Crippen LogP contribution in [0.15, 0.2) is 22.7 Å². The lowest BCUT2D eigenvalue weighted by atomic mass is 10.2. The van der Waals surface area contributed by atoms with E-state index in [4.69, 9.17) is 0 Å². The monoisotopic (exact) mass is 295 g/mol. The number of nitrogens with one attached hydrogen (secondary N) is 1. The molecule has 16 heavy (non-hydrogen) atoms. The van der Waals surface area contributed by atoms with E-state index in [0.717, 1.165) is 4.47 Å². The van der Waals surface area contributed by atoms with Gasteiger partial charge in [-0.3, -0.25) is 4.79 Å². The summed E-state index contributed by atoms with van der Waals surface area (Å²) in [6.45, 7) is 1.70. The van der Waals surface area contributed by atoms with E-state index in [1.807, 2.05) is 0 Å². The summed E-state index contributed by atoms with van der Waals surface area (Å²) in [5.74, 6) is -1.06. The highest BCUT2D eigenvalue weighted by atomic mass is 79.9. The number of hydrogen-bond acceptors (Lipinski definition) is 1. The number of aryl methyl sites for hydroxylation is 1. The summed E-state index contributed by atoms with van der Waals surface area (Å²) in [6.07, 6.45) is -5.95. The Morgan fingerprint density at radius 2 is 2.06 bits per heavy atom. The number of rotatable bonds is 2. The average Bonchev–Trinajstić information content (AvgIpc) is 2.06. The van der Waals surface area contributed by atoms with Crippen LogP contribution in [-0.2, 0) is 4.79 Å². The van der Waals surface area contributed by atoms with Gasteiger partial charge in [-0.2, -0.15) is 13.2 Å². The lowest BCUT2D eigenvalue weighted by Crippen LogP contribution is -2.21. The molecule has 0 saturated carbocycles. The Labute approximate surface area is 99.0 Å². The van der Waals surface area contributed by atoms with Crippen LogP contribution in [0.5, 0.6) is 0 Å². The van der Waals surface area contributed by atoms with Crippen LogP contribution in [0, 0.1) is 6.92 Å². The van der Waals surface area contributed by atoms with Crippen LogP contribution >= 0.6 is 15.9 Å². The molecule has 1 amide bonds.